The van der Waals surface area contributed by atoms with Crippen LogP contribution in [0.1, 0.15) is 63.1 Å². The van der Waals surface area contributed by atoms with Crippen LogP contribution in [0.4, 0.5) is 0 Å². The summed E-state index contributed by atoms with van der Waals surface area (Å²) in [6.45, 7) is 6.84. The van der Waals surface area contributed by atoms with Crippen molar-refractivity contribution in [2.45, 2.75) is 57.7 Å². The number of rotatable bonds is 11. The van der Waals surface area contributed by atoms with E-state index in [2.05, 4.69) is 92.7 Å². The number of carbonyl (C=O) groups excluding carboxylic acids is 1. The van der Waals surface area contributed by atoms with Gasteiger partial charge in [-0.1, -0.05) is 118 Å². The molecule has 0 aliphatic carbocycles. The van der Waals surface area contributed by atoms with Gasteiger partial charge in [0.25, 0.3) is 0 Å². The van der Waals surface area contributed by atoms with Crippen molar-refractivity contribution >= 4 is 5.97 Å². The summed E-state index contributed by atoms with van der Waals surface area (Å²) in [5.74, 6) is 0.0584. The summed E-state index contributed by atoms with van der Waals surface area (Å²) in [7, 11) is 0. The second-order valence-electron chi connectivity index (χ2n) is 9.40. The van der Waals surface area contributed by atoms with Crippen LogP contribution in [0.5, 0.6) is 0 Å². The monoisotopic (exact) mass is 468 g/mol. The number of esters is 1. The van der Waals surface area contributed by atoms with E-state index in [0.717, 1.165) is 41.5 Å². The highest BCUT2D eigenvalue weighted by atomic mass is 16.6. The summed E-state index contributed by atoms with van der Waals surface area (Å²) in [6.07, 6.45) is 5.22. The maximum Gasteiger partial charge on any atom is 0.334 e. The molecule has 3 heteroatoms. The van der Waals surface area contributed by atoms with Gasteiger partial charge in [0.05, 0.1) is 6.61 Å². The van der Waals surface area contributed by atoms with Gasteiger partial charge in [-0.05, 0) is 47.9 Å². The van der Waals surface area contributed by atoms with Gasteiger partial charge >= 0.3 is 5.97 Å². The molecule has 0 spiro atoms. The molecular weight excluding hydrogens is 432 g/mol. The SMILES string of the molecule is CCC1=C[C@@](CC)(C[C@@H](CC)COC(c2ccccc2)(c2ccccc2)c2ccccc2)OC1=O. The van der Waals surface area contributed by atoms with E-state index in [1.807, 2.05) is 25.1 Å². The summed E-state index contributed by atoms with van der Waals surface area (Å²) in [5.41, 5.74) is 2.79. The molecule has 0 radical (unpaired) electrons. The molecule has 0 unspecified atom stereocenters. The van der Waals surface area contributed by atoms with Crippen LogP contribution < -0.4 is 0 Å². The lowest BCUT2D eigenvalue weighted by molar-refractivity contribution is -0.148. The molecule has 3 aromatic carbocycles. The zero-order valence-electron chi connectivity index (χ0n) is 21.1. The lowest BCUT2D eigenvalue weighted by Crippen LogP contribution is -2.37. The minimum absolute atomic E-state index is 0.169. The number of ether oxygens (including phenoxy) is 2. The third-order valence-corrected chi connectivity index (χ3v) is 7.26. The highest BCUT2D eigenvalue weighted by Crippen LogP contribution is 2.42. The van der Waals surface area contributed by atoms with Crippen LogP contribution in [-0.2, 0) is 19.9 Å². The van der Waals surface area contributed by atoms with Crippen LogP contribution in [0.15, 0.2) is 103 Å². The van der Waals surface area contributed by atoms with Crippen LogP contribution in [-0.4, -0.2) is 18.2 Å². The third-order valence-electron chi connectivity index (χ3n) is 7.26. The first kappa shape index (κ1) is 24.9. The summed E-state index contributed by atoms with van der Waals surface area (Å²) in [6, 6.07) is 31.4. The zero-order chi connectivity index (χ0) is 24.7. The molecule has 0 amide bonds. The molecule has 0 fully saturated rings. The lowest BCUT2D eigenvalue weighted by Gasteiger charge is -2.38. The molecule has 0 N–H and O–H groups in total. The summed E-state index contributed by atoms with van der Waals surface area (Å²) >= 11 is 0. The fourth-order valence-corrected chi connectivity index (χ4v) is 5.14. The Hall–Kier alpha value is -3.17. The number of cyclic esters (lactones) is 1. The number of benzene rings is 3. The van der Waals surface area contributed by atoms with Gasteiger partial charge in [-0.15, -0.1) is 0 Å². The molecule has 1 aliphatic heterocycles. The van der Waals surface area contributed by atoms with Crippen LogP contribution >= 0.6 is 0 Å². The Labute approximate surface area is 209 Å². The maximum atomic E-state index is 12.4. The minimum atomic E-state index is -0.743. The Bertz CT molecular complexity index is 1020. The normalized spacial score (nSPS) is 18.7. The smallest absolute Gasteiger partial charge is 0.334 e. The van der Waals surface area contributed by atoms with Crippen LogP contribution in [0.2, 0.25) is 0 Å². The van der Waals surface area contributed by atoms with Crippen LogP contribution in [0.3, 0.4) is 0 Å². The van der Waals surface area contributed by atoms with E-state index in [-0.39, 0.29) is 11.9 Å². The molecule has 1 heterocycles. The van der Waals surface area contributed by atoms with E-state index in [1.165, 1.54) is 0 Å². The molecule has 2 atom stereocenters. The highest BCUT2D eigenvalue weighted by Gasteiger charge is 2.42. The van der Waals surface area contributed by atoms with E-state index in [9.17, 15) is 4.79 Å². The van der Waals surface area contributed by atoms with Gasteiger partial charge in [-0.3, -0.25) is 0 Å². The first-order chi connectivity index (χ1) is 17.1. The molecule has 4 rings (SSSR count). The average Bonchev–Trinajstić information content (AvgIpc) is 3.25. The van der Waals surface area contributed by atoms with E-state index < -0.39 is 11.2 Å². The fraction of sp³-hybridized carbons (Fsp3) is 0.344. The lowest BCUT2D eigenvalue weighted by atomic mass is 9.79. The summed E-state index contributed by atoms with van der Waals surface area (Å²) in [5, 5.41) is 0. The summed E-state index contributed by atoms with van der Waals surface area (Å²) in [4.78, 5) is 12.4. The second kappa shape index (κ2) is 11.0. The minimum Gasteiger partial charge on any atom is -0.451 e. The third kappa shape index (κ3) is 5.11. The Morgan fingerprint density at radius 2 is 1.29 bits per heavy atom. The maximum absolute atomic E-state index is 12.4. The van der Waals surface area contributed by atoms with Crippen molar-refractivity contribution in [3.63, 3.8) is 0 Å². The second-order valence-corrected chi connectivity index (χ2v) is 9.40. The van der Waals surface area contributed by atoms with Gasteiger partial charge in [0.1, 0.15) is 11.2 Å². The van der Waals surface area contributed by atoms with Gasteiger partial charge in [0.15, 0.2) is 0 Å². The molecule has 35 heavy (non-hydrogen) atoms. The number of hydrogen-bond acceptors (Lipinski definition) is 3. The zero-order valence-corrected chi connectivity index (χ0v) is 21.1. The molecule has 0 bridgehead atoms. The molecule has 0 saturated heterocycles. The molecule has 0 aromatic heterocycles. The van der Waals surface area contributed by atoms with Crippen molar-refractivity contribution in [3.05, 3.63) is 119 Å². The standard InChI is InChI=1S/C32H36O3/c1-4-25(22-31(6-3)23-26(5-2)30(33)35-31)24-34-32(27-16-10-7-11-17-27,28-18-12-8-13-19-28)29-20-14-9-15-21-29/h7-21,23,25H,4-6,22,24H2,1-3H3/t25-,31-/m1/s1. The van der Waals surface area contributed by atoms with E-state index in [1.54, 1.807) is 0 Å². The Morgan fingerprint density at radius 3 is 1.66 bits per heavy atom. The van der Waals surface area contributed by atoms with Gasteiger partial charge in [-0.25, -0.2) is 4.79 Å². The van der Waals surface area contributed by atoms with E-state index in [4.69, 9.17) is 9.47 Å². The first-order valence-electron chi connectivity index (χ1n) is 12.8. The van der Waals surface area contributed by atoms with Crippen molar-refractivity contribution in [2.24, 2.45) is 5.92 Å². The van der Waals surface area contributed by atoms with E-state index in [0.29, 0.717) is 13.0 Å². The first-order valence-corrected chi connectivity index (χ1v) is 12.8. The van der Waals surface area contributed by atoms with Gasteiger partial charge in [-0.2, -0.15) is 0 Å². The van der Waals surface area contributed by atoms with Gasteiger partial charge in [0, 0.05) is 5.57 Å². The Balaban J connectivity index is 1.71. The van der Waals surface area contributed by atoms with Gasteiger partial charge in [0.2, 0.25) is 0 Å². The molecule has 182 valence electrons. The number of carbonyl (C=O) groups is 1. The molecule has 1 aliphatic rings. The molecule has 3 nitrogen and oxygen atoms in total. The molecule has 0 saturated carbocycles. The van der Waals surface area contributed by atoms with E-state index >= 15 is 0 Å². The quantitative estimate of drug-likeness (QED) is 0.216. The fourth-order valence-electron chi connectivity index (χ4n) is 5.14. The van der Waals surface area contributed by atoms with Gasteiger partial charge < -0.3 is 9.47 Å². The van der Waals surface area contributed by atoms with Crippen molar-refractivity contribution in [1.29, 1.82) is 0 Å². The number of hydrogen-bond donors (Lipinski definition) is 0. The predicted molar refractivity (Wildman–Crippen MR) is 141 cm³/mol. The van der Waals surface area contributed by atoms with Crippen LogP contribution in [0, 0.1) is 5.92 Å². The Kier molecular flexibility index (Phi) is 7.87. The predicted octanol–water partition coefficient (Wildman–Crippen LogP) is 7.45. The Morgan fingerprint density at radius 1 is 0.800 bits per heavy atom. The van der Waals surface area contributed by atoms with Crippen LogP contribution in [0.25, 0.3) is 0 Å². The average molecular weight is 469 g/mol. The molecular formula is C32H36O3. The largest absolute Gasteiger partial charge is 0.451 e. The van der Waals surface area contributed by atoms with Crippen molar-refractivity contribution in [1.82, 2.24) is 0 Å². The van der Waals surface area contributed by atoms with Crippen molar-refractivity contribution in [2.75, 3.05) is 6.61 Å². The van der Waals surface area contributed by atoms with Crippen molar-refractivity contribution in [3.8, 4) is 0 Å². The highest BCUT2D eigenvalue weighted by molar-refractivity contribution is 5.91. The topological polar surface area (TPSA) is 35.5 Å². The molecule has 3 aromatic rings. The van der Waals surface area contributed by atoms with Crippen molar-refractivity contribution < 1.29 is 14.3 Å². The summed E-state index contributed by atoms with van der Waals surface area (Å²) < 4.78 is 13.0.